The van der Waals surface area contributed by atoms with E-state index in [1.54, 1.807) is 10.4 Å². The molecule has 1 aromatic rings. The lowest BCUT2D eigenvalue weighted by molar-refractivity contribution is -0.894. The lowest BCUT2D eigenvalue weighted by Crippen LogP contribution is -3.11. The van der Waals surface area contributed by atoms with Gasteiger partial charge in [-0.15, -0.1) is 0 Å². The van der Waals surface area contributed by atoms with E-state index in [0.29, 0.717) is 0 Å². The Labute approximate surface area is 176 Å². The summed E-state index contributed by atoms with van der Waals surface area (Å²) in [4.78, 5) is 1.68. The van der Waals surface area contributed by atoms with Crippen molar-refractivity contribution in [2.45, 2.75) is 28.2 Å². The predicted molar refractivity (Wildman–Crippen MR) is 122 cm³/mol. The van der Waals surface area contributed by atoms with E-state index in [1.165, 1.54) is 31.0 Å². The first-order valence-electron chi connectivity index (χ1n) is 6.25. The van der Waals surface area contributed by atoms with Gasteiger partial charge in [0.15, 0.2) is 3.95 Å². The zero-order valence-corrected chi connectivity index (χ0v) is 18.2. The maximum Gasteiger partial charge on any atom is 0.176 e. The molecule has 0 radical (unpaired) electrons. The van der Waals surface area contributed by atoms with Gasteiger partial charge in [-0.2, -0.15) is 5.10 Å². The molecule has 0 saturated heterocycles. The Kier molecular flexibility index (Phi) is 50.2. The molecule has 0 saturated carbocycles. The average Bonchev–Trinajstić information content (AvgIpc) is 3.04. The van der Waals surface area contributed by atoms with Gasteiger partial charge in [-0.3, -0.25) is 22.6 Å². The maximum atomic E-state index is 4.68. The van der Waals surface area contributed by atoms with Gasteiger partial charge in [-0.05, 0) is 57.4 Å². The molecule has 0 bridgehead atoms. The largest absolute Gasteiger partial charge is 0.410 e. The molecule has 13 heteroatoms. The summed E-state index contributed by atoms with van der Waals surface area (Å²) in [7, 11) is 0. The minimum atomic E-state index is 0. The minimum absolute atomic E-state index is 0. The van der Waals surface area contributed by atoms with Crippen molar-refractivity contribution in [1.82, 2.24) is 15.6 Å². The molecule has 7 nitrogen and oxygen atoms in total. The third-order valence-electron chi connectivity index (χ3n) is 1.99. The van der Waals surface area contributed by atoms with Gasteiger partial charge in [-0.25, -0.2) is 0 Å². The van der Waals surface area contributed by atoms with Crippen molar-refractivity contribution >= 4 is 81.5 Å². The van der Waals surface area contributed by atoms with Crippen LogP contribution in [0.3, 0.4) is 0 Å². The Morgan fingerprint density at radius 3 is 1.71 bits per heavy atom. The molecule has 0 amide bonds. The highest BCUT2D eigenvalue weighted by Crippen LogP contribution is 1.88. The van der Waals surface area contributed by atoms with Gasteiger partial charge in [0, 0.05) is 4.31 Å². The molecular weight excluding hydrogens is 423 g/mol. The summed E-state index contributed by atoms with van der Waals surface area (Å²) in [6, 6.07) is 0. The van der Waals surface area contributed by atoms with Crippen LogP contribution in [0.1, 0.15) is 28.2 Å². The number of thiocarbonyl (C=S) groups is 3. The number of hydrazine groups is 2. The lowest BCUT2D eigenvalue weighted by atomic mass is 10.5. The van der Waals surface area contributed by atoms with E-state index in [0.717, 1.165) is 3.95 Å². The molecule has 24 heavy (non-hydrogen) atoms. The van der Waals surface area contributed by atoms with Crippen molar-refractivity contribution < 1.29 is 4.90 Å². The molecule has 1 heterocycles. The third-order valence-corrected chi connectivity index (χ3v) is 3.12. The van der Waals surface area contributed by atoms with Crippen molar-refractivity contribution in [2.24, 2.45) is 17.5 Å². The lowest BCUT2D eigenvalue weighted by Gasteiger charge is -2.10. The normalized spacial score (nSPS) is 7.12. The summed E-state index contributed by atoms with van der Waals surface area (Å²) >= 11 is 22.5. The molecule has 9 N–H and O–H groups in total. The van der Waals surface area contributed by atoms with Gasteiger partial charge >= 0.3 is 0 Å². The number of nitrogens with two attached hydrogens (primary N) is 3. The molecule has 144 valence electrons. The quantitative estimate of drug-likeness (QED) is 0.171. The van der Waals surface area contributed by atoms with Crippen LogP contribution in [0, 0.1) is 3.95 Å². The Morgan fingerprint density at radius 2 is 1.67 bits per heavy atom. The Hall–Kier alpha value is -0.0500. The molecule has 0 unspecified atom stereocenters. The summed E-state index contributed by atoms with van der Waals surface area (Å²) in [5.41, 5.74) is 3.74. The van der Waals surface area contributed by atoms with E-state index in [1.807, 2.05) is 4.31 Å². The summed E-state index contributed by atoms with van der Waals surface area (Å²) in [5, 5.41) is 6.19. The van der Waals surface area contributed by atoms with E-state index in [4.69, 9.17) is 0 Å². The van der Waals surface area contributed by atoms with Gasteiger partial charge in [0.05, 0.1) is 19.6 Å². The van der Waals surface area contributed by atoms with Crippen LogP contribution in [0.4, 0.5) is 0 Å². The van der Waals surface area contributed by atoms with Crippen LogP contribution >= 0.6 is 60.2 Å². The van der Waals surface area contributed by atoms with Gasteiger partial charge < -0.3 is 35.2 Å². The molecule has 0 spiro atoms. The maximum absolute atomic E-state index is 4.68. The van der Waals surface area contributed by atoms with Crippen molar-refractivity contribution in [3.8, 4) is 0 Å². The Morgan fingerprint density at radius 1 is 1.33 bits per heavy atom. The highest BCUT2D eigenvalue weighted by molar-refractivity contribution is 8.00. The van der Waals surface area contributed by atoms with Crippen LogP contribution in [-0.4, -0.2) is 38.5 Å². The second-order valence-electron chi connectivity index (χ2n) is 3.08. The number of hydrogen-bond acceptors (Lipinski definition) is 10. The van der Waals surface area contributed by atoms with Gasteiger partial charge in [-0.1, -0.05) is 23.1 Å². The standard InChI is InChI=1S/C6H15N.C2H2N2S2.CH4N2S2.CS2.CH4.H4N2/c1-4-7(5-2)6-3;5-2-4-3-1-6-2;2-3-1(4)5;2-1-3;;1-2/h4-6H2,1-3H3;1H,(H,4,5);2H2,(H2,3,4,5);;1H4;1-2H2. The first-order valence-corrected chi connectivity index (χ1v) is 9.17. The van der Waals surface area contributed by atoms with Crippen molar-refractivity contribution in [3.05, 3.63) is 9.46 Å². The van der Waals surface area contributed by atoms with Gasteiger partial charge in [0.25, 0.3) is 0 Å². The average molecular weight is 452 g/mol. The topological polar surface area (TPSA) is 123 Å². The molecule has 0 aliphatic carbocycles. The molecule has 1 rings (SSSR count). The monoisotopic (exact) mass is 451 g/mol. The van der Waals surface area contributed by atoms with Crippen molar-refractivity contribution in [3.63, 3.8) is 0 Å². The van der Waals surface area contributed by atoms with Crippen LogP contribution < -0.4 is 27.9 Å². The first kappa shape index (κ1) is 35.1. The number of quaternary nitrogens is 1. The SMILES string of the molecule is C.CC[NH+](CC)CC.NN.NNC(=S)[S-].S=C=S.S=c1[nH]ncs1. The summed E-state index contributed by atoms with van der Waals surface area (Å²) in [6.07, 6.45) is 0. The fourth-order valence-electron chi connectivity index (χ4n) is 0.930. The van der Waals surface area contributed by atoms with Crippen LogP contribution in [-0.2, 0) is 12.6 Å². The Balaban J connectivity index is -0.0000000657. The summed E-state index contributed by atoms with van der Waals surface area (Å²) < 4.78 is 2.85. The fraction of sp³-hybridized carbons (Fsp3) is 0.636. The first-order chi connectivity index (χ1) is 10.9. The zero-order chi connectivity index (χ0) is 19.1. The molecule has 0 fully saturated rings. The van der Waals surface area contributed by atoms with Crippen LogP contribution in [0.25, 0.3) is 0 Å². The number of nitrogens with zero attached hydrogens (tertiary/aromatic N) is 1. The predicted octanol–water partition coefficient (Wildman–Crippen LogP) is 0.886. The highest BCUT2D eigenvalue weighted by atomic mass is 32.1. The number of aromatic amines is 1. The number of nitrogens with one attached hydrogen (secondary N) is 3. The second-order valence-corrected chi connectivity index (χ2v) is 6.34. The molecule has 0 aliphatic rings. The van der Waals surface area contributed by atoms with Crippen molar-refractivity contribution in [2.75, 3.05) is 19.6 Å². The van der Waals surface area contributed by atoms with Gasteiger partial charge in [0.1, 0.15) is 5.51 Å². The van der Waals surface area contributed by atoms with Crippen LogP contribution in [0.5, 0.6) is 0 Å². The molecule has 0 atom stereocenters. The number of rotatable bonds is 3. The fourth-order valence-corrected chi connectivity index (χ4v) is 1.42. The van der Waals surface area contributed by atoms with Crippen molar-refractivity contribution in [1.29, 1.82) is 0 Å². The number of hydrogen-bond donors (Lipinski definition) is 6. The van der Waals surface area contributed by atoms with E-state index in [2.05, 4.69) is 115 Å². The summed E-state index contributed by atoms with van der Waals surface area (Å²) in [5.74, 6) is 12.7. The third kappa shape index (κ3) is 43.1. The van der Waals surface area contributed by atoms with E-state index >= 15 is 0 Å². The van der Waals surface area contributed by atoms with E-state index < -0.39 is 0 Å². The molecule has 1 aromatic heterocycles. The summed E-state index contributed by atoms with van der Waals surface area (Å²) in [6.45, 7) is 10.5. The Bertz CT molecular complexity index is 391. The van der Waals surface area contributed by atoms with Gasteiger partial charge in [0.2, 0.25) is 0 Å². The molecule has 0 aromatic carbocycles. The van der Waals surface area contributed by atoms with Crippen LogP contribution in [0.2, 0.25) is 0 Å². The molecular formula is C11H29N7S6. The van der Waals surface area contributed by atoms with Crippen LogP contribution in [0.15, 0.2) is 5.51 Å². The smallest absolute Gasteiger partial charge is 0.176 e. The molecule has 0 aliphatic heterocycles. The number of aromatic nitrogens is 2. The van der Waals surface area contributed by atoms with E-state index in [-0.39, 0.29) is 11.7 Å². The number of H-pyrrole nitrogens is 1. The zero-order valence-electron chi connectivity index (χ0n) is 13.3. The van der Waals surface area contributed by atoms with E-state index in [9.17, 15) is 0 Å². The minimum Gasteiger partial charge on any atom is -0.410 e. The second kappa shape index (κ2) is 34.3. The highest BCUT2D eigenvalue weighted by Gasteiger charge is 1.92.